The molecule has 0 aromatic heterocycles. The number of esters is 3. The van der Waals surface area contributed by atoms with Gasteiger partial charge in [0.25, 0.3) is 0 Å². The fraction of sp³-hybridized carbons (Fsp3) is 0.691. The maximum absolute atomic E-state index is 12.8. The fourth-order valence-corrected chi connectivity index (χ4v) is 8.46. The van der Waals surface area contributed by atoms with E-state index >= 15 is 0 Å². The second-order valence-electron chi connectivity index (χ2n) is 20.2. The van der Waals surface area contributed by atoms with Gasteiger partial charge in [0, 0.05) is 19.3 Å². The van der Waals surface area contributed by atoms with Crippen LogP contribution in [-0.4, -0.2) is 37.2 Å². The number of allylic oxidation sites excluding steroid dienone is 18. The number of unbranched alkanes of at least 4 members (excludes halogenated alkanes) is 26. The van der Waals surface area contributed by atoms with Gasteiger partial charge in [-0.3, -0.25) is 14.4 Å². The van der Waals surface area contributed by atoms with E-state index in [0.717, 1.165) is 116 Å². The summed E-state index contributed by atoms with van der Waals surface area (Å²) in [6.45, 7) is 6.36. The minimum absolute atomic E-state index is 0.0801. The van der Waals surface area contributed by atoms with Crippen molar-refractivity contribution in [3.05, 3.63) is 109 Å². The smallest absolute Gasteiger partial charge is 0.306 e. The summed E-state index contributed by atoms with van der Waals surface area (Å²) < 4.78 is 16.8. The zero-order valence-electron chi connectivity index (χ0n) is 48.3. The molecule has 0 N–H and O–H groups in total. The zero-order chi connectivity index (χ0) is 53.6. The molecular formula is C68H114O6. The van der Waals surface area contributed by atoms with E-state index < -0.39 is 6.10 Å². The lowest BCUT2D eigenvalue weighted by atomic mass is 10.0. The highest BCUT2D eigenvalue weighted by Crippen LogP contribution is 2.16. The number of hydrogen-bond acceptors (Lipinski definition) is 6. The molecule has 0 spiro atoms. The summed E-state index contributed by atoms with van der Waals surface area (Å²) in [6, 6.07) is 0. The predicted octanol–water partition coefficient (Wildman–Crippen LogP) is 21.0. The minimum atomic E-state index is -0.780. The van der Waals surface area contributed by atoms with E-state index in [0.29, 0.717) is 19.3 Å². The molecule has 0 aliphatic heterocycles. The molecule has 6 heteroatoms. The average Bonchev–Trinajstić information content (AvgIpc) is 3.40. The maximum Gasteiger partial charge on any atom is 0.306 e. The highest BCUT2D eigenvalue weighted by Gasteiger charge is 2.19. The van der Waals surface area contributed by atoms with Crippen LogP contribution in [0.5, 0.6) is 0 Å². The van der Waals surface area contributed by atoms with E-state index in [9.17, 15) is 14.4 Å². The van der Waals surface area contributed by atoms with Crippen LogP contribution in [0.2, 0.25) is 0 Å². The fourth-order valence-electron chi connectivity index (χ4n) is 8.46. The summed E-state index contributed by atoms with van der Waals surface area (Å²) in [7, 11) is 0. The quantitative estimate of drug-likeness (QED) is 0.0261. The zero-order valence-corrected chi connectivity index (χ0v) is 48.3. The molecule has 0 bridgehead atoms. The van der Waals surface area contributed by atoms with Crippen LogP contribution in [0.3, 0.4) is 0 Å². The Morgan fingerprint density at radius 1 is 0.284 bits per heavy atom. The molecule has 0 radical (unpaired) electrons. The Morgan fingerprint density at radius 3 is 0.824 bits per heavy atom. The van der Waals surface area contributed by atoms with Crippen molar-refractivity contribution in [2.24, 2.45) is 0 Å². The first-order valence-corrected chi connectivity index (χ1v) is 30.9. The SMILES string of the molecule is CC/C=C\C/C=C\C/C=C\C/C=C\C/C=C\CCCCCCCCCCCCCC(=O)OCC(COC(=O)CCCCCCCC)OC(=O)CCCCCCCCCCCC/C=C\C/C=C\C/C=C\C/C=C\CC. The van der Waals surface area contributed by atoms with Gasteiger partial charge in [-0.05, 0) is 103 Å². The van der Waals surface area contributed by atoms with Crippen molar-refractivity contribution < 1.29 is 28.6 Å². The highest BCUT2D eigenvalue weighted by molar-refractivity contribution is 5.71. The first-order chi connectivity index (χ1) is 36.5. The van der Waals surface area contributed by atoms with Crippen LogP contribution >= 0.6 is 0 Å². The predicted molar refractivity (Wildman–Crippen MR) is 320 cm³/mol. The van der Waals surface area contributed by atoms with Gasteiger partial charge < -0.3 is 14.2 Å². The summed E-state index contributed by atoms with van der Waals surface area (Å²) in [5.74, 6) is -0.893. The van der Waals surface area contributed by atoms with Crippen LogP contribution in [0.15, 0.2) is 109 Å². The van der Waals surface area contributed by atoms with Crippen molar-refractivity contribution in [3.63, 3.8) is 0 Å². The molecule has 0 saturated carbocycles. The van der Waals surface area contributed by atoms with Crippen molar-refractivity contribution in [2.45, 2.75) is 290 Å². The molecule has 0 heterocycles. The molecule has 0 fully saturated rings. The van der Waals surface area contributed by atoms with Gasteiger partial charge in [0.05, 0.1) is 0 Å². The number of hydrogen-bond donors (Lipinski definition) is 0. The molecular weight excluding hydrogens is 913 g/mol. The molecule has 1 unspecified atom stereocenters. The molecule has 0 aliphatic carbocycles. The third-order valence-electron chi connectivity index (χ3n) is 13.0. The molecule has 422 valence electrons. The molecule has 1 atom stereocenters. The van der Waals surface area contributed by atoms with Crippen molar-refractivity contribution in [1.29, 1.82) is 0 Å². The van der Waals surface area contributed by atoms with Crippen LogP contribution in [0.4, 0.5) is 0 Å². The lowest BCUT2D eigenvalue weighted by Crippen LogP contribution is -2.30. The van der Waals surface area contributed by atoms with E-state index in [1.807, 2.05) is 0 Å². The maximum atomic E-state index is 12.8. The van der Waals surface area contributed by atoms with Gasteiger partial charge in [-0.25, -0.2) is 0 Å². The molecule has 0 aromatic rings. The molecule has 0 aromatic carbocycles. The number of rotatable bonds is 55. The van der Waals surface area contributed by atoms with Crippen LogP contribution in [-0.2, 0) is 28.6 Å². The summed E-state index contributed by atoms with van der Waals surface area (Å²) in [5, 5.41) is 0. The Hall–Kier alpha value is -3.93. The average molecular weight is 1030 g/mol. The second kappa shape index (κ2) is 61.6. The number of ether oxygens (including phenoxy) is 3. The van der Waals surface area contributed by atoms with E-state index in [2.05, 4.69) is 130 Å². The molecule has 0 rings (SSSR count). The third-order valence-corrected chi connectivity index (χ3v) is 13.0. The van der Waals surface area contributed by atoms with Crippen LogP contribution in [0, 0.1) is 0 Å². The van der Waals surface area contributed by atoms with E-state index in [1.54, 1.807) is 0 Å². The van der Waals surface area contributed by atoms with E-state index in [1.165, 1.54) is 128 Å². The number of carbonyl (C=O) groups excluding carboxylic acids is 3. The summed E-state index contributed by atoms with van der Waals surface area (Å²) in [6.07, 6.45) is 84.1. The molecule has 0 aliphatic rings. The molecule has 74 heavy (non-hydrogen) atoms. The normalized spacial score (nSPS) is 12.9. The van der Waals surface area contributed by atoms with Gasteiger partial charge in [-0.2, -0.15) is 0 Å². The van der Waals surface area contributed by atoms with Gasteiger partial charge in [-0.1, -0.05) is 271 Å². The Bertz CT molecular complexity index is 1510. The van der Waals surface area contributed by atoms with Crippen molar-refractivity contribution in [1.82, 2.24) is 0 Å². The van der Waals surface area contributed by atoms with Gasteiger partial charge in [-0.15, -0.1) is 0 Å². The first kappa shape index (κ1) is 70.1. The second-order valence-corrected chi connectivity index (χ2v) is 20.2. The molecule has 0 saturated heterocycles. The van der Waals surface area contributed by atoms with Gasteiger partial charge in [0.2, 0.25) is 0 Å². The van der Waals surface area contributed by atoms with Crippen LogP contribution in [0.1, 0.15) is 284 Å². The van der Waals surface area contributed by atoms with Gasteiger partial charge in [0.1, 0.15) is 13.2 Å². The van der Waals surface area contributed by atoms with Crippen molar-refractivity contribution >= 4 is 17.9 Å². The molecule has 0 amide bonds. The standard InChI is InChI=1S/C68H114O6/c1-4-7-10-13-16-18-20-22-24-26-28-30-32-33-34-35-37-38-40-42-44-46-48-50-52-55-58-61-67(70)73-64-65(63-72-66(69)60-57-54-15-12-9-6-3)74-68(71)62-59-56-53-51-49-47-45-43-41-39-36-31-29-27-25-23-21-19-17-14-11-8-5-2/h7-8,10-11,16-19,22-25,28-31,33-34,65H,4-6,9,12-15,20-21,26-27,32,35-64H2,1-3H3/b10-7-,11-8-,18-16-,19-17-,24-22-,25-23-,30-28-,31-29-,34-33-. The Morgan fingerprint density at radius 2 is 0.527 bits per heavy atom. The Balaban J connectivity index is 4.12. The lowest BCUT2D eigenvalue weighted by Gasteiger charge is -2.18. The topological polar surface area (TPSA) is 78.9 Å². The third kappa shape index (κ3) is 59.0. The van der Waals surface area contributed by atoms with E-state index in [-0.39, 0.29) is 31.1 Å². The Labute approximate surface area is 457 Å². The van der Waals surface area contributed by atoms with E-state index in [4.69, 9.17) is 14.2 Å². The highest BCUT2D eigenvalue weighted by atomic mass is 16.6. The van der Waals surface area contributed by atoms with Gasteiger partial charge in [0.15, 0.2) is 6.10 Å². The monoisotopic (exact) mass is 1030 g/mol. The van der Waals surface area contributed by atoms with Gasteiger partial charge >= 0.3 is 17.9 Å². The number of carbonyl (C=O) groups is 3. The Kier molecular flexibility index (Phi) is 58.3. The van der Waals surface area contributed by atoms with Crippen molar-refractivity contribution in [2.75, 3.05) is 13.2 Å². The van der Waals surface area contributed by atoms with Crippen LogP contribution in [0.25, 0.3) is 0 Å². The summed E-state index contributed by atoms with van der Waals surface area (Å²) >= 11 is 0. The van der Waals surface area contributed by atoms with Crippen molar-refractivity contribution in [3.8, 4) is 0 Å². The summed E-state index contributed by atoms with van der Waals surface area (Å²) in [5.41, 5.74) is 0. The largest absolute Gasteiger partial charge is 0.462 e. The van der Waals surface area contributed by atoms with Crippen LogP contribution < -0.4 is 0 Å². The lowest BCUT2D eigenvalue weighted by molar-refractivity contribution is -0.167. The minimum Gasteiger partial charge on any atom is -0.462 e. The molecule has 6 nitrogen and oxygen atoms in total. The summed E-state index contributed by atoms with van der Waals surface area (Å²) in [4.78, 5) is 38.0. The first-order valence-electron chi connectivity index (χ1n) is 30.9.